The molecule has 0 bridgehead atoms. The van der Waals surface area contributed by atoms with Gasteiger partial charge in [0.2, 0.25) is 27.7 Å². The zero-order chi connectivity index (χ0) is 20.3. The van der Waals surface area contributed by atoms with Gasteiger partial charge in [-0.25, -0.2) is 8.42 Å². The van der Waals surface area contributed by atoms with E-state index in [4.69, 9.17) is 11.6 Å². The van der Waals surface area contributed by atoms with Crippen molar-refractivity contribution in [2.75, 3.05) is 25.0 Å². The van der Waals surface area contributed by atoms with Crippen LogP contribution < -0.4 is 5.32 Å². The number of halogens is 1. The van der Waals surface area contributed by atoms with Crippen LogP contribution in [0.4, 0.5) is 5.69 Å². The number of carbonyl (C=O) groups is 3. The molecule has 8 nitrogen and oxygen atoms in total. The van der Waals surface area contributed by atoms with Crippen LogP contribution in [0.25, 0.3) is 0 Å². The average Bonchev–Trinajstić information content (AvgIpc) is 3.00. The minimum atomic E-state index is -3.74. The molecule has 2 heterocycles. The van der Waals surface area contributed by atoms with Crippen molar-refractivity contribution in [3.05, 3.63) is 23.2 Å². The largest absolute Gasteiger partial charge is 0.326 e. The molecule has 2 fully saturated rings. The second-order valence-electron chi connectivity index (χ2n) is 6.85. The Morgan fingerprint density at radius 3 is 2.36 bits per heavy atom. The van der Waals surface area contributed by atoms with Gasteiger partial charge in [0.1, 0.15) is 4.90 Å². The van der Waals surface area contributed by atoms with Crippen molar-refractivity contribution in [2.24, 2.45) is 0 Å². The van der Waals surface area contributed by atoms with E-state index in [0.29, 0.717) is 18.8 Å². The van der Waals surface area contributed by atoms with Gasteiger partial charge in [0.05, 0.1) is 5.02 Å². The highest BCUT2D eigenvalue weighted by molar-refractivity contribution is 7.89. The maximum Gasteiger partial charge on any atom is 0.244 e. The van der Waals surface area contributed by atoms with Crippen LogP contribution >= 0.6 is 11.6 Å². The predicted molar refractivity (Wildman–Crippen MR) is 103 cm³/mol. The molecule has 0 radical (unpaired) electrons. The standard InChI is InChI=1S/C18H22ClN3O5S/c19-14-5-4-13(12-15(14)28(26,27)21-9-2-1-3-10-21)20-16(23)8-11-22-17(24)6-7-18(22)25/h4-5,12H,1-3,6-11H2,(H,20,23). The van der Waals surface area contributed by atoms with E-state index in [0.717, 1.165) is 24.2 Å². The number of likely N-dealkylation sites (tertiary alicyclic amines) is 1. The zero-order valence-corrected chi connectivity index (χ0v) is 16.9. The number of nitrogens with one attached hydrogen (secondary N) is 1. The minimum absolute atomic E-state index is 0.00994. The van der Waals surface area contributed by atoms with E-state index < -0.39 is 15.9 Å². The number of benzene rings is 1. The Kier molecular flexibility index (Phi) is 6.36. The van der Waals surface area contributed by atoms with Crippen molar-refractivity contribution < 1.29 is 22.8 Å². The Labute approximate surface area is 168 Å². The molecule has 0 saturated carbocycles. The number of amides is 3. The second-order valence-corrected chi connectivity index (χ2v) is 9.16. The Balaban J connectivity index is 1.68. The summed E-state index contributed by atoms with van der Waals surface area (Å²) in [6, 6.07) is 4.29. The van der Waals surface area contributed by atoms with Crippen LogP contribution in [0, 0.1) is 0 Å². The van der Waals surface area contributed by atoms with Crippen LogP contribution in [0.1, 0.15) is 38.5 Å². The molecule has 2 aliphatic heterocycles. The number of nitrogens with zero attached hydrogens (tertiary/aromatic N) is 2. The average molecular weight is 428 g/mol. The molecule has 10 heteroatoms. The third-order valence-electron chi connectivity index (χ3n) is 4.87. The number of hydrogen-bond acceptors (Lipinski definition) is 5. The van der Waals surface area contributed by atoms with Gasteiger partial charge in [-0.15, -0.1) is 0 Å². The first-order valence-corrected chi connectivity index (χ1v) is 11.0. The fourth-order valence-electron chi connectivity index (χ4n) is 3.33. The van der Waals surface area contributed by atoms with Crippen LogP contribution in [-0.2, 0) is 24.4 Å². The monoisotopic (exact) mass is 427 g/mol. The third-order valence-corrected chi connectivity index (χ3v) is 7.25. The second kappa shape index (κ2) is 8.59. The number of sulfonamides is 1. The lowest BCUT2D eigenvalue weighted by Gasteiger charge is -2.26. The molecular weight excluding hydrogens is 406 g/mol. The number of rotatable bonds is 6. The molecule has 3 amide bonds. The van der Waals surface area contributed by atoms with Crippen LogP contribution in [0.2, 0.25) is 5.02 Å². The number of carbonyl (C=O) groups excluding carboxylic acids is 3. The van der Waals surface area contributed by atoms with Gasteiger partial charge < -0.3 is 5.32 Å². The van der Waals surface area contributed by atoms with Gasteiger partial charge in [0.25, 0.3) is 0 Å². The summed E-state index contributed by atoms with van der Waals surface area (Å²) in [7, 11) is -3.74. The lowest BCUT2D eigenvalue weighted by atomic mass is 10.2. The lowest BCUT2D eigenvalue weighted by molar-refractivity contribution is -0.138. The molecule has 0 spiro atoms. The SMILES string of the molecule is O=C(CCN1C(=O)CCC1=O)Nc1ccc(Cl)c(S(=O)(=O)N2CCCCC2)c1. The zero-order valence-electron chi connectivity index (χ0n) is 15.3. The molecule has 0 aromatic heterocycles. The van der Waals surface area contributed by atoms with E-state index in [9.17, 15) is 22.8 Å². The Hall–Kier alpha value is -1.97. The quantitative estimate of drug-likeness (QED) is 0.699. The minimum Gasteiger partial charge on any atom is -0.326 e. The molecule has 1 N–H and O–H groups in total. The van der Waals surface area contributed by atoms with Gasteiger partial charge in [0, 0.05) is 44.6 Å². The van der Waals surface area contributed by atoms with Crippen molar-refractivity contribution in [1.29, 1.82) is 0 Å². The van der Waals surface area contributed by atoms with Gasteiger partial charge in [-0.2, -0.15) is 4.31 Å². The molecule has 0 aliphatic carbocycles. The van der Waals surface area contributed by atoms with E-state index in [2.05, 4.69) is 5.32 Å². The number of hydrogen-bond donors (Lipinski definition) is 1. The molecule has 0 unspecified atom stereocenters. The summed E-state index contributed by atoms with van der Waals surface area (Å²) >= 11 is 6.12. The summed E-state index contributed by atoms with van der Waals surface area (Å²) in [6.45, 7) is 0.913. The maximum absolute atomic E-state index is 12.9. The normalized spacial score (nSPS) is 18.5. The van der Waals surface area contributed by atoms with E-state index >= 15 is 0 Å². The number of anilines is 1. The Morgan fingerprint density at radius 2 is 1.71 bits per heavy atom. The van der Waals surface area contributed by atoms with Crippen LogP contribution in [0.15, 0.2) is 23.1 Å². The highest BCUT2D eigenvalue weighted by atomic mass is 35.5. The van der Waals surface area contributed by atoms with Crippen molar-refractivity contribution in [2.45, 2.75) is 43.4 Å². The van der Waals surface area contributed by atoms with E-state index in [1.807, 2.05) is 0 Å². The number of piperidine rings is 1. The first kappa shape index (κ1) is 20.8. The van der Waals surface area contributed by atoms with Crippen molar-refractivity contribution in [3.63, 3.8) is 0 Å². The molecule has 28 heavy (non-hydrogen) atoms. The van der Waals surface area contributed by atoms with Crippen LogP contribution in [0.3, 0.4) is 0 Å². The lowest BCUT2D eigenvalue weighted by Crippen LogP contribution is -2.35. The van der Waals surface area contributed by atoms with Gasteiger partial charge in [-0.1, -0.05) is 18.0 Å². The summed E-state index contributed by atoms with van der Waals surface area (Å²) in [5, 5.41) is 2.70. The van der Waals surface area contributed by atoms with Crippen molar-refractivity contribution >= 4 is 45.0 Å². The summed E-state index contributed by atoms with van der Waals surface area (Å²) < 4.78 is 27.1. The first-order chi connectivity index (χ1) is 13.3. The topological polar surface area (TPSA) is 104 Å². The fraction of sp³-hybridized carbons (Fsp3) is 0.500. The molecule has 1 aromatic carbocycles. The highest BCUT2D eigenvalue weighted by Gasteiger charge is 2.30. The Morgan fingerprint density at radius 1 is 1.07 bits per heavy atom. The van der Waals surface area contributed by atoms with E-state index in [-0.39, 0.29) is 47.5 Å². The van der Waals surface area contributed by atoms with E-state index in [1.165, 1.54) is 22.5 Å². The molecule has 0 atom stereocenters. The smallest absolute Gasteiger partial charge is 0.244 e. The van der Waals surface area contributed by atoms with Crippen LogP contribution in [0.5, 0.6) is 0 Å². The van der Waals surface area contributed by atoms with Crippen molar-refractivity contribution in [1.82, 2.24) is 9.21 Å². The maximum atomic E-state index is 12.9. The predicted octanol–water partition coefficient (Wildman–Crippen LogP) is 1.99. The highest BCUT2D eigenvalue weighted by Crippen LogP contribution is 2.29. The summed E-state index contributed by atoms with van der Waals surface area (Å²) in [5.74, 6) is -0.977. The van der Waals surface area contributed by atoms with Gasteiger partial charge >= 0.3 is 0 Å². The summed E-state index contributed by atoms with van der Waals surface area (Å²) in [5.41, 5.74) is 0.295. The summed E-state index contributed by atoms with van der Waals surface area (Å²) in [4.78, 5) is 36.4. The van der Waals surface area contributed by atoms with Gasteiger partial charge in [0.15, 0.2) is 0 Å². The van der Waals surface area contributed by atoms with Gasteiger partial charge in [-0.05, 0) is 31.0 Å². The number of imide groups is 1. The van der Waals surface area contributed by atoms with Crippen molar-refractivity contribution in [3.8, 4) is 0 Å². The fourth-order valence-corrected chi connectivity index (χ4v) is 5.35. The third kappa shape index (κ3) is 4.53. The molecule has 152 valence electrons. The molecule has 3 rings (SSSR count). The first-order valence-electron chi connectivity index (χ1n) is 9.22. The summed E-state index contributed by atoms with van der Waals surface area (Å²) in [6.07, 6.45) is 2.90. The Bertz CT molecular complexity index is 880. The molecular formula is C18H22ClN3O5S. The molecule has 2 saturated heterocycles. The molecule has 1 aromatic rings. The van der Waals surface area contributed by atoms with Gasteiger partial charge in [-0.3, -0.25) is 19.3 Å². The molecule has 2 aliphatic rings. The van der Waals surface area contributed by atoms with E-state index in [1.54, 1.807) is 0 Å². The van der Waals surface area contributed by atoms with Crippen LogP contribution in [-0.4, -0.2) is 55.0 Å².